The van der Waals surface area contributed by atoms with E-state index < -0.39 is 6.10 Å². The molecule has 1 heterocycles. The van der Waals surface area contributed by atoms with E-state index in [1.807, 2.05) is 43.3 Å². The summed E-state index contributed by atoms with van der Waals surface area (Å²) in [6.07, 6.45) is -0.00123. The number of benzene rings is 2. The van der Waals surface area contributed by atoms with Gasteiger partial charge in [0.2, 0.25) is 5.91 Å². The Hall–Kier alpha value is -2.17. The zero-order valence-electron chi connectivity index (χ0n) is 13.3. The van der Waals surface area contributed by atoms with Crippen molar-refractivity contribution in [1.82, 2.24) is 10.6 Å². The van der Waals surface area contributed by atoms with Crippen LogP contribution in [0.2, 0.25) is 0 Å². The van der Waals surface area contributed by atoms with Crippen LogP contribution in [-0.2, 0) is 17.8 Å². The van der Waals surface area contributed by atoms with Crippen LogP contribution in [0.4, 0.5) is 0 Å². The van der Waals surface area contributed by atoms with Crippen LogP contribution in [0.1, 0.15) is 28.4 Å². The van der Waals surface area contributed by atoms with Crippen molar-refractivity contribution in [3.63, 3.8) is 0 Å². The molecule has 2 aromatic rings. The van der Waals surface area contributed by atoms with Crippen LogP contribution in [0.3, 0.4) is 0 Å². The van der Waals surface area contributed by atoms with Gasteiger partial charge in [-0.1, -0.05) is 48.5 Å². The minimum absolute atomic E-state index is 0.0628. The van der Waals surface area contributed by atoms with Crippen LogP contribution in [0, 0.1) is 6.92 Å². The predicted molar refractivity (Wildman–Crippen MR) is 89.9 cm³/mol. The molecule has 1 aliphatic heterocycles. The first-order valence-electron chi connectivity index (χ1n) is 7.96. The summed E-state index contributed by atoms with van der Waals surface area (Å²) in [5, 5.41) is 16.4. The predicted octanol–water partition coefficient (Wildman–Crippen LogP) is 1.86. The number of rotatable bonds is 4. The molecule has 1 aliphatic rings. The SMILES string of the molecule is Cc1ccccc1[C@H](O)CNC(=O)[C@@H]1Cc2ccccc2CN1. The molecule has 23 heavy (non-hydrogen) atoms. The summed E-state index contributed by atoms with van der Waals surface area (Å²) in [6.45, 7) is 2.89. The number of aliphatic hydroxyl groups is 1. The second-order valence-corrected chi connectivity index (χ2v) is 6.02. The van der Waals surface area contributed by atoms with Crippen LogP contribution < -0.4 is 10.6 Å². The Balaban J connectivity index is 1.57. The van der Waals surface area contributed by atoms with Gasteiger partial charge >= 0.3 is 0 Å². The number of hydrogen-bond acceptors (Lipinski definition) is 3. The second-order valence-electron chi connectivity index (χ2n) is 6.02. The number of carbonyl (C=O) groups is 1. The second kappa shape index (κ2) is 6.94. The van der Waals surface area contributed by atoms with Gasteiger partial charge in [-0.05, 0) is 35.6 Å². The first-order valence-corrected chi connectivity index (χ1v) is 7.96. The van der Waals surface area contributed by atoms with E-state index in [9.17, 15) is 9.90 Å². The number of amides is 1. The third-order valence-electron chi connectivity index (χ3n) is 4.41. The van der Waals surface area contributed by atoms with Gasteiger partial charge in [-0.3, -0.25) is 4.79 Å². The van der Waals surface area contributed by atoms with E-state index in [0.717, 1.165) is 11.1 Å². The molecule has 2 atom stereocenters. The maximum absolute atomic E-state index is 12.3. The molecule has 4 nitrogen and oxygen atoms in total. The van der Waals surface area contributed by atoms with Crippen molar-refractivity contribution in [2.45, 2.75) is 32.0 Å². The van der Waals surface area contributed by atoms with Crippen LogP contribution >= 0.6 is 0 Å². The number of aryl methyl sites for hydroxylation is 1. The highest BCUT2D eigenvalue weighted by atomic mass is 16.3. The van der Waals surface area contributed by atoms with E-state index in [2.05, 4.69) is 22.8 Å². The lowest BCUT2D eigenvalue weighted by molar-refractivity contribution is -0.123. The molecule has 3 N–H and O–H groups in total. The van der Waals surface area contributed by atoms with Gasteiger partial charge in [0.25, 0.3) is 0 Å². The molecular formula is C19H22N2O2. The molecule has 0 bridgehead atoms. The molecule has 4 heteroatoms. The van der Waals surface area contributed by atoms with E-state index in [-0.39, 0.29) is 18.5 Å². The molecular weight excluding hydrogens is 288 g/mol. The fourth-order valence-electron chi connectivity index (χ4n) is 3.03. The van der Waals surface area contributed by atoms with Crippen LogP contribution in [0.25, 0.3) is 0 Å². The highest BCUT2D eigenvalue weighted by molar-refractivity contribution is 5.82. The van der Waals surface area contributed by atoms with Crippen molar-refractivity contribution >= 4 is 5.91 Å². The third-order valence-corrected chi connectivity index (χ3v) is 4.41. The van der Waals surface area contributed by atoms with Crippen LogP contribution in [-0.4, -0.2) is 23.6 Å². The van der Waals surface area contributed by atoms with Crippen molar-refractivity contribution in [3.05, 3.63) is 70.8 Å². The van der Waals surface area contributed by atoms with Gasteiger partial charge in [0.05, 0.1) is 12.1 Å². The summed E-state index contributed by atoms with van der Waals surface area (Å²) in [4.78, 5) is 12.3. The van der Waals surface area contributed by atoms with Crippen molar-refractivity contribution < 1.29 is 9.90 Å². The quantitative estimate of drug-likeness (QED) is 0.808. The van der Waals surface area contributed by atoms with E-state index in [0.29, 0.717) is 13.0 Å². The number of carbonyl (C=O) groups excluding carboxylic acids is 1. The number of hydrogen-bond donors (Lipinski definition) is 3. The Morgan fingerprint density at radius 2 is 1.91 bits per heavy atom. The summed E-state index contributed by atoms with van der Waals surface area (Å²) < 4.78 is 0. The van der Waals surface area contributed by atoms with Gasteiger partial charge in [0, 0.05) is 13.1 Å². The third kappa shape index (κ3) is 3.60. The smallest absolute Gasteiger partial charge is 0.237 e. The largest absolute Gasteiger partial charge is 0.387 e. The Bertz CT molecular complexity index is 699. The Morgan fingerprint density at radius 1 is 1.22 bits per heavy atom. The van der Waals surface area contributed by atoms with E-state index in [1.165, 1.54) is 11.1 Å². The van der Waals surface area contributed by atoms with Gasteiger partial charge in [0.15, 0.2) is 0 Å². The number of nitrogens with one attached hydrogen (secondary N) is 2. The minimum Gasteiger partial charge on any atom is -0.387 e. The summed E-state index contributed by atoms with van der Waals surface area (Å²) in [5.41, 5.74) is 4.34. The highest BCUT2D eigenvalue weighted by Gasteiger charge is 2.24. The number of aliphatic hydroxyl groups excluding tert-OH is 1. The fourth-order valence-corrected chi connectivity index (χ4v) is 3.03. The lowest BCUT2D eigenvalue weighted by Crippen LogP contribution is -2.48. The van der Waals surface area contributed by atoms with E-state index in [1.54, 1.807) is 0 Å². The Labute approximate surface area is 136 Å². The molecule has 0 spiro atoms. The molecule has 3 rings (SSSR count). The molecule has 0 aromatic heterocycles. The monoisotopic (exact) mass is 310 g/mol. The summed E-state index contributed by atoms with van der Waals surface area (Å²) >= 11 is 0. The van der Waals surface area contributed by atoms with Gasteiger partial charge in [-0.25, -0.2) is 0 Å². The molecule has 0 saturated carbocycles. The molecule has 2 aromatic carbocycles. The average molecular weight is 310 g/mol. The van der Waals surface area contributed by atoms with Crippen molar-refractivity contribution in [3.8, 4) is 0 Å². The van der Waals surface area contributed by atoms with Crippen molar-refractivity contribution in [2.75, 3.05) is 6.54 Å². The normalized spacial score (nSPS) is 18.1. The first kappa shape index (κ1) is 15.7. The molecule has 120 valence electrons. The van der Waals surface area contributed by atoms with E-state index in [4.69, 9.17) is 0 Å². The van der Waals surface area contributed by atoms with E-state index >= 15 is 0 Å². The minimum atomic E-state index is -0.684. The lowest BCUT2D eigenvalue weighted by atomic mass is 9.95. The lowest BCUT2D eigenvalue weighted by Gasteiger charge is -2.26. The van der Waals surface area contributed by atoms with Crippen molar-refractivity contribution in [1.29, 1.82) is 0 Å². The topological polar surface area (TPSA) is 61.4 Å². The molecule has 0 saturated heterocycles. The Kier molecular flexibility index (Phi) is 4.74. The van der Waals surface area contributed by atoms with Gasteiger partial charge < -0.3 is 15.7 Å². The summed E-state index contributed by atoms with van der Waals surface area (Å²) in [6, 6.07) is 15.6. The highest BCUT2D eigenvalue weighted by Crippen LogP contribution is 2.18. The van der Waals surface area contributed by atoms with Gasteiger partial charge in [-0.2, -0.15) is 0 Å². The van der Waals surface area contributed by atoms with Gasteiger partial charge in [-0.15, -0.1) is 0 Å². The first-order chi connectivity index (χ1) is 11.1. The standard InChI is InChI=1S/C19H22N2O2/c1-13-6-2-5-9-16(13)18(22)12-21-19(23)17-10-14-7-3-4-8-15(14)11-20-17/h2-9,17-18,20,22H,10-12H2,1H3,(H,21,23)/t17-,18+/m0/s1. The van der Waals surface area contributed by atoms with Crippen LogP contribution in [0.5, 0.6) is 0 Å². The molecule has 0 unspecified atom stereocenters. The summed E-state index contributed by atoms with van der Waals surface area (Å²) in [5.74, 6) is -0.0628. The van der Waals surface area contributed by atoms with Gasteiger partial charge in [0.1, 0.15) is 0 Å². The summed E-state index contributed by atoms with van der Waals surface area (Å²) in [7, 11) is 0. The van der Waals surface area contributed by atoms with Crippen LogP contribution in [0.15, 0.2) is 48.5 Å². The fraction of sp³-hybridized carbons (Fsp3) is 0.316. The molecule has 0 aliphatic carbocycles. The molecule has 1 amide bonds. The van der Waals surface area contributed by atoms with Crippen molar-refractivity contribution in [2.24, 2.45) is 0 Å². The zero-order chi connectivity index (χ0) is 16.2. The Morgan fingerprint density at radius 3 is 2.70 bits per heavy atom. The number of fused-ring (bicyclic) bond motifs is 1. The zero-order valence-corrected chi connectivity index (χ0v) is 13.3. The average Bonchev–Trinajstić information content (AvgIpc) is 2.59. The molecule has 0 fully saturated rings. The molecule has 0 radical (unpaired) electrons. The maximum Gasteiger partial charge on any atom is 0.237 e. The maximum atomic E-state index is 12.3.